The maximum Gasteiger partial charge on any atom is 0.266 e. The van der Waals surface area contributed by atoms with Gasteiger partial charge in [-0.3, -0.25) is 4.98 Å². The fourth-order valence-corrected chi connectivity index (χ4v) is 1.59. The van der Waals surface area contributed by atoms with Crippen LogP contribution >= 0.6 is 22.6 Å². The topological polar surface area (TPSA) is 38.9 Å². The van der Waals surface area contributed by atoms with E-state index in [-0.39, 0.29) is 15.8 Å². The van der Waals surface area contributed by atoms with Crippen LogP contribution in [0.3, 0.4) is 0 Å². The minimum absolute atomic E-state index is 0.0424. The van der Waals surface area contributed by atoms with Gasteiger partial charge in [0.05, 0.1) is 21.0 Å². The number of halogens is 4. The number of hydrogen-bond donors (Lipinski definition) is 1. The number of pyridine rings is 1. The van der Waals surface area contributed by atoms with Crippen LogP contribution in [0.4, 0.5) is 13.2 Å². The van der Waals surface area contributed by atoms with Gasteiger partial charge in [0, 0.05) is 6.54 Å². The summed E-state index contributed by atoms with van der Waals surface area (Å²) in [6.45, 7) is -0.115. The third kappa shape index (κ3) is 2.11. The molecule has 0 atom stereocenters. The lowest BCUT2D eigenvalue weighted by Crippen LogP contribution is -2.08. The van der Waals surface area contributed by atoms with E-state index in [0.717, 1.165) is 6.20 Å². The second-order valence-electron chi connectivity index (χ2n) is 2.29. The van der Waals surface area contributed by atoms with Crippen LogP contribution in [0.1, 0.15) is 17.7 Å². The molecule has 0 aliphatic rings. The molecule has 1 aromatic rings. The largest absolute Gasteiger partial charge is 0.325 e. The predicted octanol–water partition coefficient (Wildman–Crippen LogP) is 2.22. The van der Waals surface area contributed by atoms with E-state index >= 15 is 0 Å². The average molecular weight is 302 g/mol. The van der Waals surface area contributed by atoms with Gasteiger partial charge < -0.3 is 5.73 Å². The maximum absolute atomic E-state index is 12.8. The molecule has 0 saturated carbocycles. The van der Waals surface area contributed by atoms with Crippen LogP contribution in [0.2, 0.25) is 0 Å². The number of nitrogens with zero attached hydrogens (tertiary/aromatic N) is 1. The van der Waals surface area contributed by atoms with Gasteiger partial charge in [-0.25, -0.2) is 13.2 Å². The summed E-state index contributed by atoms with van der Waals surface area (Å²) < 4.78 is 37.5. The fourth-order valence-electron chi connectivity index (χ4n) is 0.901. The van der Waals surface area contributed by atoms with Gasteiger partial charge in [-0.1, -0.05) is 0 Å². The Kier molecular flexibility index (Phi) is 3.48. The van der Waals surface area contributed by atoms with Gasteiger partial charge in [0.1, 0.15) is 0 Å². The fraction of sp³-hybridized carbons (Fsp3) is 0.286. The number of nitrogens with two attached hydrogens (primary N) is 1. The summed E-state index contributed by atoms with van der Waals surface area (Å²) in [7, 11) is 0. The monoisotopic (exact) mass is 302 g/mol. The van der Waals surface area contributed by atoms with Gasteiger partial charge in [0.15, 0.2) is 5.82 Å². The third-order valence-corrected chi connectivity index (χ3v) is 2.60. The van der Waals surface area contributed by atoms with Crippen molar-refractivity contribution < 1.29 is 13.2 Å². The summed E-state index contributed by atoms with van der Waals surface area (Å²) >= 11 is 1.52. The molecule has 1 aromatic heterocycles. The lowest BCUT2D eigenvalue weighted by atomic mass is 10.2. The molecule has 0 bridgehead atoms. The van der Waals surface area contributed by atoms with E-state index < -0.39 is 17.8 Å². The van der Waals surface area contributed by atoms with Crippen molar-refractivity contribution in [3.05, 3.63) is 26.8 Å². The van der Waals surface area contributed by atoms with Gasteiger partial charge in [-0.2, -0.15) is 0 Å². The van der Waals surface area contributed by atoms with Gasteiger partial charge in [-0.05, 0) is 22.6 Å². The molecule has 72 valence electrons. The van der Waals surface area contributed by atoms with Gasteiger partial charge in [-0.15, -0.1) is 0 Å². The molecule has 2 N–H and O–H groups in total. The molecule has 0 aliphatic heterocycles. The quantitative estimate of drug-likeness (QED) is 0.851. The van der Waals surface area contributed by atoms with Crippen molar-refractivity contribution in [3.63, 3.8) is 0 Å². The van der Waals surface area contributed by atoms with Crippen molar-refractivity contribution in [2.24, 2.45) is 5.73 Å². The van der Waals surface area contributed by atoms with Crippen molar-refractivity contribution in [3.8, 4) is 0 Å². The number of aromatic nitrogens is 1. The summed E-state index contributed by atoms with van der Waals surface area (Å²) in [6, 6.07) is 0. The van der Waals surface area contributed by atoms with Crippen LogP contribution in [0.5, 0.6) is 0 Å². The normalized spacial score (nSPS) is 10.9. The molecular formula is C7H6F3IN2. The highest BCUT2D eigenvalue weighted by atomic mass is 127. The molecule has 0 radical (unpaired) electrons. The molecule has 0 amide bonds. The van der Waals surface area contributed by atoms with E-state index in [1.165, 1.54) is 22.6 Å². The van der Waals surface area contributed by atoms with Gasteiger partial charge in [0.25, 0.3) is 6.43 Å². The summed E-state index contributed by atoms with van der Waals surface area (Å²) in [5.74, 6) is -0.742. The van der Waals surface area contributed by atoms with Crippen molar-refractivity contribution >= 4 is 22.6 Å². The Morgan fingerprint density at radius 3 is 2.62 bits per heavy atom. The molecular weight excluding hydrogens is 296 g/mol. The first-order valence-corrected chi connectivity index (χ1v) is 4.46. The zero-order chi connectivity index (χ0) is 10.0. The highest BCUT2D eigenvalue weighted by molar-refractivity contribution is 14.1. The molecule has 0 fully saturated rings. The van der Waals surface area contributed by atoms with Crippen LogP contribution in [-0.2, 0) is 6.54 Å². The molecule has 0 unspecified atom stereocenters. The molecule has 6 heteroatoms. The first-order valence-electron chi connectivity index (χ1n) is 3.39. The number of alkyl halides is 2. The van der Waals surface area contributed by atoms with Crippen LogP contribution < -0.4 is 5.73 Å². The predicted molar refractivity (Wildman–Crippen MR) is 49.8 cm³/mol. The summed E-state index contributed by atoms with van der Waals surface area (Å²) in [6.07, 6.45) is -1.84. The summed E-state index contributed by atoms with van der Waals surface area (Å²) in [4.78, 5) is 3.49. The molecule has 13 heavy (non-hydrogen) atoms. The zero-order valence-electron chi connectivity index (χ0n) is 6.40. The van der Waals surface area contributed by atoms with Crippen molar-refractivity contribution in [1.82, 2.24) is 4.98 Å². The molecule has 0 saturated heterocycles. The van der Waals surface area contributed by atoms with Crippen molar-refractivity contribution in [2.45, 2.75) is 13.0 Å². The van der Waals surface area contributed by atoms with Crippen LogP contribution in [0.25, 0.3) is 0 Å². The van der Waals surface area contributed by atoms with Gasteiger partial charge >= 0.3 is 0 Å². The highest BCUT2D eigenvalue weighted by Crippen LogP contribution is 2.28. The van der Waals surface area contributed by atoms with Crippen molar-refractivity contribution in [1.29, 1.82) is 0 Å². The molecule has 0 spiro atoms. The van der Waals surface area contributed by atoms with E-state index in [1.807, 2.05) is 0 Å². The standard InChI is InChI=1S/C7H6F3IN2/c8-3-2-13-4(1-12)5(6(3)11)7(9)10/h2,7H,1,12H2. The second kappa shape index (κ2) is 4.23. The Morgan fingerprint density at radius 2 is 2.15 bits per heavy atom. The van der Waals surface area contributed by atoms with E-state index in [9.17, 15) is 13.2 Å². The van der Waals surface area contributed by atoms with Crippen LogP contribution in [0, 0.1) is 9.39 Å². The maximum atomic E-state index is 12.8. The Balaban J connectivity index is 3.32. The van der Waals surface area contributed by atoms with E-state index in [0.29, 0.717) is 0 Å². The second-order valence-corrected chi connectivity index (χ2v) is 3.36. The lowest BCUT2D eigenvalue weighted by Gasteiger charge is -2.08. The Labute approximate surface area is 86.5 Å². The molecule has 0 aliphatic carbocycles. The van der Waals surface area contributed by atoms with Crippen molar-refractivity contribution in [2.75, 3.05) is 0 Å². The van der Waals surface area contributed by atoms with Gasteiger partial charge in [0.2, 0.25) is 0 Å². The number of hydrogen-bond acceptors (Lipinski definition) is 2. The van der Waals surface area contributed by atoms with E-state index in [4.69, 9.17) is 5.73 Å². The van der Waals surface area contributed by atoms with Crippen LogP contribution in [-0.4, -0.2) is 4.98 Å². The molecule has 1 rings (SSSR count). The first-order chi connectivity index (χ1) is 6.07. The lowest BCUT2D eigenvalue weighted by molar-refractivity contribution is 0.148. The highest BCUT2D eigenvalue weighted by Gasteiger charge is 2.19. The zero-order valence-corrected chi connectivity index (χ0v) is 8.56. The minimum atomic E-state index is -2.74. The number of rotatable bonds is 2. The molecule has 0 aromatic carbocycles. The first kappa shape index (κ1) is 10.7. The van der Waals surface area contributed by atoms with E-state index in [1.54, 1.807) is 0 Å². The Bertz CT molecular complexity index is 317. The summed E-state index contributed by atoms with van der Waals surface area (Å²) in [5.41, 5.74) is 4.83. The molecule has 1 heterocycles. The summed E-state index contributed by atoms with van der Waals surface area (Å²) in [5, 5.41) is 0. The molecule has 2 nitrogen and oxygen atoms in total. The Hall–Kier alpha value is -0.370. The third-order valence-electron chi connectivity index (χ3n) is 1.50. The van der Waals surface area contributed by atoms with Crippen LogP contribution in [0.15, 0.2) is 6.20 Å². The minimum Gasteiger partial charge on any atom is -0.325 e. The smallest absolute Gasteiger partial charge is 0.266 e. The average Bonchev–Trinajstić information content (AvgIpc) is 2.08. The van der Waals surface area contributed by atoms with E-state index in [2.05, 4.69) is 4.98 Å². The SMILES string of the molecule is NCc1ncc(F)c(I)c1C(F)F. The Morgan fingerprint density at radius 1 is 1.54 bits per heavy atom.